The van der Waals surface area contributed by atoms with Gasteiger partial charge in [0.15, 0.2) is 0 Å². The Kier molecular flexibility index (Phi) is 6.69. The molecule has 3 nitrogen and oxygen atoms in total. The van der Waals surface area contributed by atoms with Crippen molar-refractivity contribution in [3.63, 3.8) is 0 Å². The van der Waals surface area contributed by atoms with Crippen molar-refractivity contribution < 1.29 is 0 Å². The number of piperazine rings is 1. The lowest BCUT2D eigenvalue weighted by molar-refractivity contribution is 0.198. The van der Waals surface area contributed by atoms with E-state index in [0.29, 0.717) is 6.04 Å². The molecule has 3 rings (SSSR count). The minimum Gasteiger partial charge on any atom is -0.312 e. The molecule has 1 aromatic carbocycles. The third-order valence-electron chi connectivity index (χ3n) is 3.49. The van der Waals surface area contributed by atoms with Gasteiger partial charge < -0.3 is 5.32 Å². The first kappa shape index (κ1) is 17.2. The lowest BCUT2D eigenvalue weighted by Crippen LogP contribution is -2.48. The molecule has 1 aromatic heterocycles. The van der Waals surface area contributed by atoms with Crippen LogP contribution >= 0.6 is 24.8 Å². The number of hydrogen-bond acceptors (Lipinski definition) is 3. The van der Waals surface area contributed by atoms with Crippen LogP contribution in [0.5, 0.6) is 0 Å². The van der Waals surface area contributed by atoms with Gasteiger partial charge in [-0.25, -0.2) is 0 Å². The van der Waals surface area contributed by atoms with Crippen LogP contribution in [-0.4, -0.2) is 35.6 Å². The summed E-state index contributed by atoms with van der Waals surface area (Å²) in [5.41, 5.74) is 2.26. The van der Waals surface area contributed by atoms with Crippen LogP contribution in [0.25, 0.3) is 10.9 Å². The molecule has 110 valence electrons. The summed E-state index contributed by atoms with van der Waals surface area (Å²) in [5.74, 6) is 0. The average Bonchev–Trinajstić information content (AvgIpc) is 2.39. The molecule has 5 heteroatoms. The summed E-state index contributed by atoms with van der Waals surface area (Å²) in [6, 6.07) is 13.2. The lowest BCUT2D eigenvalue weighted by atomic mass is 10.2. The molecule has 1 atom stereocenters. The van der Waals surface area contributed by atoms with E-state index in [9.17, 15) is 0 Å². The monoisotopic (exact) mass is 313 g/mol. The number of nitrogens with zero attached hydrogens (tertiary/aromatic N) is 2. The van der Waals surface area contributed by atoms with E-state index in [4.69, 9.17) is 4.98 Å². The maximum Gasteiger partial charge on any atom is 0.0705 e. The number of benzene rings is 1. The molecule has 1 unspecified atom stereocenters. The zero-order valence-corrected chi connectivity index (χ0v) is 13.2. The van der Waals surface area contributed by atoms with Crippen molar-refractivity contribution in [1.29, 1.82) is 0 Å². The number of fused-ring (bicyclic) bond motifs is 1. The summed E-state index contributed by atoms with van der Waals surface area (Å²) in [7, 11) is 0. The van der Waals surface area contributed by atoms with Crippen molar-refractivity contribution in [2.75, 3.05) is 19.6 Å². The summed E-state index contributed by atoms with van der Waals surface area (Å²) in [5, 5.41) is 4.68. The Hall–Kier alpha value is -0.870. The van der Waals surface area contributed by atoms with E-state index < -0.39 is 0 Å². The second-order valence-electron chi connectivity index (χ2n) is 5.09. The van der Waals surface area contributed by atoms with E-state index in [1.165, 1.54) is 11.1 Å². The van der Waals surface area contributed by atoms with E-state index in [-0.39, 0.29) is 24.8 Å². The Labute approximate surface area is 132 Å². The van der Waals surface area contributed by atoms with E-state index >= 15 is 0 Å². The van der Waals surface area contributed by atoms with E-state index in [2.05, 4.69) is 47.5 Å². The van der Waals surface area contributed by atoms with Gasteiger partial charge in [0.2, 0.25) is 0 Å². The Balaban J connectivity index is 0.000001000. The fourth-order valence-corrected chi connectivity index (χ4v) is 2.58. The van der Waals surface area contributed by atoms with Crippen molar-refractivity contribution in [1.82, 2.24) is 15.2 Å². The number of pyridine rings is 1. The average molecular weight is 314 g/mol. The Morgan fingerprint density at radius 1 is 1.20 bits per heavy atom. The first-order chi connectivity index (χ1) is 8.81. The maximum absolute atomic E-state index is 4.73. The first-order valence-electron chi connectivity index (χ1n) is 6.62. The highest BCUT2D eigenvalue weighted by molar-refractivity contribution is 5.85. The molecule has 2 heterocycles. The van der Waals surface area contributed by atoms with Gasteiger partial charge in [0.1, 0.15) is 0 Å². The summed E-state index contributed by atoms with van der Waals surface area (Å²) >= 11 is 0. The molecule has 0 spiro atoms. The third-order valence-corrected chi connectivity index (χ3v) is 3.49. The minimum absolute atomic E-state index is 0. The largest absolute Gasteiger partial charge is 0.312 e. The first-order valence-corrected chi connectivity index (χ1v) is 6.62. The predicted octanol–water partition coefficient (Wildman–Crippen LogP) is 2.87. The third kappa shape index (κ3) is 4.06. The van der Waals surface area contributed by atoms with Crippen molar-refractivity contribution in [2.45, 2.75) is 19.5 Å². The molecule has 0 aliphatic carbocycles. The van der Waals surface area contributed by atoms with E-state index in [0.717, 1.165) is 31.7 Å². The smallest absolute Gasteiger partial charge is 0.0705 e. The van der Waals surface area contributed by atoms with Crippen LogP contribution < -0.4 is 5.32 Å². The molecular formula is C15H21Cl2N3. The zero-order chi connectivity index (χ0) is 12.4. The fraction of sp³-hybridized carbons (Fsp3) is 0.400. The van der Waals surface area contributed by atoms with Crippen LogP contribution in [-0.2, 0) is 6.54 Å². The number of rotatable bonds is 2. The van der Waals surface area contributed by atoms with Crippen LogP contribution in [0.1, 0.15) is 12.6 Å². The van der Waals surface area contributed by atoms with Gasteiger partial charge >= 0.3 is 0 Å². The van der Waals surface area contributed by atoms with Crippen molar-refractivity contribution in [2.24, 2.45) is 0 Å². The Morgan fingerprint density at radius 2 is 2.00 bits per heavy atom. The van der Waals surface area contributed by atoms with Crippen molar-refractivity contribution in [3.8, 4) is 0 Å². The zero-order valence-electron chi connectivity index (χ0n) is 11.6. The number of nitrogens with one attached hydrogen (secondary N) is 1. The normalized spacial score (nSPS) is 19.1. The topological polar surface area (TPSA) is 28.2 Å². The van der Waals surface area contributed by atoms with Gasteiger partial charge in [0.05, 0.1) is 11.2 Å². The molecule has 20 heavy (non-hydrogen) atoms. The molecule has 1 saturated heterocycles. The number of aromatic nitrogens is 1. The summed E-state index contributed by atoms with van der Waals surface area (Å²) in [6.45, 7) is 6.49. The van der Waals surface area contributed by atoms with Gasteiger partial charge in [-0.3, -0.25) is 9.88 Å². The molecule has 1 aliphatic heterocycles. The van der Waals surface area contributed by atoms with Crippen LogP contribution in [0, 0.1) is 0 Å². The van der Waals surface area contributed by atoms with E-state index in [1.54, 1.807) is 0 Å². The highest BCUT2D eigenvalue weighted by Crippen LogP contribution is 2.13. The molecule has 0 bridgehead atoms. The van der Waals surface area contributed by atoms with Crippen LogP contribution in [0.4, 0.5) is 0 Å². The predicted molar refractivity (Wildman–Crippen MR) is 89.0 cm³/mol. The van der Waals surface area contributed by atoms with Gasteiger partial charge in [-0.1, -0.05) is 24.3 Å². The quantitative estimate of drug-likeness (QED) is 0.924. The molecule has 1 N–H and O–H groups in total. The number of para-hydroxylation sites is 1. The van der Waals surface area contributed by atoms with Gasteiger partial charge in [-0.2, -0.15) is 0 Å². The van der Waals surface area contributed by atoms with Gasteiger partial charge in [-0.15, -0.1) is 24.8 Å². The van der Waals surface area contributed by atoms with Crippen LogP contribution in [0.2, 0.25) is 0 Å². The van der Waals surface area contributed by atoms with Gasteiger partial charge in [-0.05, 0) is 19.1 Å². The molecule has 1 fully saturated rings. The lowest BCUT2D eigenvalue weighted by Gasteiger charge is -2.31. The molecule has 0 radical (unpaired) electrons. The van der Waals surface area contributed by atoms with E-state index in [1.807, 2.05) is 6.07 Å². The van der Waals surface area contributed by atoms with Crippen molar-refractivity contribution >= 4 is 35.7 Å². The van der Waals surface area contributed by atoms with Gasteiger partial charge in [0, 0.05) is 37.6 Å². The summed E-state index contributed by atoms with van der Waals surface area (Å²) in [6.07, 6.45) is 0. The number of halogens is 2. The highest BCUT2D eigenvalue weighted by Gasteiger charge is 2.15. The van der Waals surface area contributed by atoms with Gasteiger partial charge in [0.25, 0.3) is 0 Å². The molecular weight excluding hydrogens is 293 g/mol. The second kappa shape index (κ2) is 7.79. The molecule has 2 aromatic rings. The molecule has 0 amide bonds. The molecule has 1 aliphatic rings. The number of hydrogen-bond donors (Lipinski definition) is 1. The summed E-state index contributed by atoms with van der Waals surface area (Å²) < 4.78 is 0. The summed E-state index contributed by atoms with van der Waals surface area (Å²) in [4.78, 5) is 7.20. The minimum atomic E-state index is 0. The standard InChI is InChI=1S/C15H19N3.2ClH/c1-12-10-18(9-8-16-12)11-14-7-6-13-4-2-3-5-15(13)17-14;;/h2-7,12,16H,8-11H2,1H3;2*1H. The van der Waals surface area contributed by atoms with Crippen LogP contribution in [0.3, 0.4) is 0 Å². The Morgan fingerprint density at radius 3 is 2.80 bits per heavy atom. The Bertz CT molecular complexity index is 547. The highest BCUT2D eigenvalue weighted by atomic mass is 35.5. The maximum atomic E-state index is 4.73. The second-order valence-corrected chi connectivity index (χ2v) is 5.09. The fourth-order valence-electron chi connectivity index (χ4n) is 2.58. The van der Waals surface area contributed by atoms with Crippen molar-refractivity contribution in [3.05, 3.63) is 42.1 Å². The SMILES string of the molecule is CC1CN(Cc2ccc3ccccc3n2)CCN1.Cl.Cl. The molecule has 0 saturated carbocycles. The van der Waals surface area contributed by atoms with Crippen LogP contribution in [0.15, 0.2) is 36.4 Å².